The summed E-state index contributed by atoms with van der Waals surface area (Å²) in [7, 11) is 0. The van der Waals surface area contributed by atoms with Crippen molar-refractivity contribution < 1.29 is 9.90 Å². The minimum Gasteiger partial charge on any atom is -0.508 e. The van der Waals surface area contributed by atoms with E-state index in [0.717, 1.165) is 5.69 Å². The van der Waals surface area contributed by atoms with Crippen LogP contribution in [0.2, 0.25) is 5.15 Å². The van der Waals surface area contributed by atoms with Crippen molar-refractivity contribution in [3.8, 4) is 5.75 Å². The van der Waals surface area contributed by atoms with Crippen molar-refractivity contribution >= 4 is 23.2 Å². The molecule has 104 valence electrons. The summed E-state index contributed by atoms with van der Waals surface area (Å²) < 4.78 is 0. The molecule has 20 heavy (non-hydrogen) atoms. The predicted molar refractivity (Wildman–Crippen MR) is 79.4 cm³/mol. The monoisotopic (exact) mass is 290 g/mol. The van der Waals surface area contributed by atoms with Gasteiger partial charge in [-0.3, -0.25) is 4.79 Å². The van der Waals surface area contributed by atoms with Crippen LogP contribution in [0.3, 0.4) is 0 Å². The number of aryl methyl sites for hydroxylation is 2. The molecular weight excluding hydrogens is 276 g/mol. The molecule has 0 saturated carbocycles. The number of anilines is 1. The highest BCUT2D eigenvalue weighted by Crippen LogP contribution is 2.21. The molecule has 2 aromatic rings. The van der Waals surface area contributed by atoms with Crippen molar-refractivity contribution in [2.24, 2.45) is 0 Å². The number of aromatic hydroxyl groups is 1. The summed E-state index contributed by atoms with van der Waals surface area (Å²) >= 11 is 5.90. The van der Waals surface area contributed by atoms with Crippen LogP contribution in [0.25, 0.3) is 0 Å². The lowest BCUT2D eigenvalue weighted by Crippen LogP contribution is -2.12. The summed E-state index contributed by atoms with van der Waals surface area (Å²) in [6, 6.07) is 8.14. The summed E-state index contributed by atoms with van der Waals surface area (Å²) in [6.07, 6.45) is 0.707. The Labute approximate surface area is 122 Å². The van der Waals surface area contributed by atoms with Gasteiger partial charge in [-0.15, -0.1) is 0 Å². The van der Waals surface area contributed by atoms with Gasteiger partial charge in [0.15, 0.2) is 0 Å². The molecule has 0 aliphatic carbocycles. The number of amides is 1. The number of halogens is 1. The van der Waals surface area contributed by atoms with Gasteiger partial charge in [0.1, 0.15) is 10.9 Å². The standard InChI is InChI=1S/C15H15ClN2O2/c1-3-11-7-10(8-14(16)17-11)15(20)18-12-4-5-13(19)9(2)6-12/h4-8,19H,3H2,1-2H3,(H,18,20). The number of aromatic nitrogens is 1. The zero-order valence-corrected chi connectivity index (χ0v) is 12.0. The van der Waals surface area contributed by atoms with Crippen LogP contribution in [0.4, 0.5) is 5.69 Å². The summed E-state index contributed by atoms with van der Waals surface area (Å²) in [6.45, 7) is 3.72. The molecule has 1 amide bonds. The van der Waals surface area contributed by atoms with Crippen LogP contribution in [0.1, 0.15) is 28.5 Å². The van der Waals surface area contributed by atoms with Gasteiger partial charge in [0, 0.05) is 16.9 Å². The van der Waals surface area contributed by atoms with E-state index >= 15 is 0 Å². The molecule has 0 atom stereocenters. The summed E-state index contributed by atoms with van der Waals surface area (Å²) in [4.78, 5) is 16.3. The van der Waals surface area contributed by atoms with Crippen LogP contribution in [-0.2, 0) is 6.42 Å². The smallest absolute Gasteiger partial charge is 0.255 e. The molecule has 2 rings (SSSR count). The van der Waals surface area contributed by atoms with Gasteiger partial charge in [-0.05, 0) is 49.2 Å². The maximum atomic E-state index is 12.2. The average molecular weight is 291 g/mol. The lowest BCUT2D eigenvalue weighted by atomic mass is 10.1. The third kappa shape index (κ3) is 3.27. The molecule has 0 radical (unpaired) electrons. The van der Waals surface area contributed by atoms with Gasteiger partial charge in [0.05, 0.1) is 0 Å². The maximum Gasteiger partial charge on any atom is 0.255 e. The first-order chi connectivity index (χ1) is 9.49. The molecular formula is C15H15ClN2O2. The van der Waals surface area contributed by atoms with Crippen LogP contribution < -0.4 is 5.32 Å². The Bertz CT molecular complexity index is 656. The van der Waals surface area contributed by atoms with Crippen molar-refractivity contribution in [3.63, 3.8) is 0 Å². The van der Waals surface area contributed by atoms with Crippen molar-refractivity contribution in [2.45, 2.75) is 20.3 Å². The Kier molecular flexibility index (Phi) is 4.25. The SMILES string of the molecule is CCc1cc(C(=O)Nc2ccc(O)c(C)c2)cc(Cl)n1. The number of carbonyl (C=O) groups is 1. The van der Waals surface area contributed by atoms with E-state index in [1.807, 2.05) is 6.92 Å². The molecule has 1 aromatic carbocycles. The second-order valence-corrected chi connectivity index (χ2v) is 4.87. The number of phenolic OH excluding ortho intramolecular Hbond substituents is 1. The molecule has 5 heteroatoms. The van der Waals surface area contributed by atoms with Gasteiger partial charge in [-0.1, -0.05) is 18.5 Å². The van der Waals surface area contributed by atoms with E-state index in [0.29, 0.717) is 28.4 Å². The maximum absolute atomic E-state index is 12.2. The van der Waals surface area contributed by atoms with Crippen LogP contribution in [0, 0.1) is 6.92 Å². The lowest BCUT2D eigenvalue weighted by Gasteiger charge is -2.08. The normalized spacial score (nSPS) is 10.3. The molecule has 2 N–H and O–H groups in total. The lowest BCUT2D eigenvalue weighted by molar-refractivity contribution is 0.102. The molecule has 1 aromatic heterocycles. The first kappa shape index (κ1) is 14.3. The van der Waals surface area contributed by atoms with E-state index in [-0.39, 0.29) is 11.7 Å². The third-order valence-corrected chi connectivity index (χ3v) is 3.12. The fourth-order valence-electron chi connectivity index (χ4n) is 1.80. The molecule has 4 nitrogen and oxygen atoms in total. The molecule has 0 aliphatic heterocycles. The number of phenols is 1. The second kappa shape index (κ2) is 5.92. The van der Waals surface area contributed by atoms with Gasteiger partial charge in [0.2, 0.25) is 0 Å². The van der Waals surface area contributed by atoms with Crippen LogP contribution in [0.15, 0.2) is 30.3 Å². The van der Waals surface area contributed by atoms with Crippen LogP contribution in [0.5, 0.6) is 5.75 Å². The zero-order chi connectivity index (χ0) is 14.7. The van der Waals surface area contributed by atoms with Crippen LogP contribution >= 0.6 is 11.6 Å². The van der Waals surface area contributed by atoms with Crippen molar-refractivity contribution in [1.29, 1.82) is 0 Å². The van der Waals surface area contributed by atoms with Gasteiger partial charge in [-0.2, -0.15) is 0 Å². The number of benzene rings is 1. The molecule has 0 unspecified atom stereocenters. The van der Waals surface area contributed by atoms with Crippen molar-refractivity contribution in [2.75, 3.05) is 5.32 Å². The molecule has 0 aliphatic rings. The second-order valence-electron chi connectivity index (χ2n) is 4.48. The quantitative estimate of drug-likeness (QED) is 0.671. The number of nitrogens with zero attached hydrogens (tertiary/aromatic N) is 1. The Morgan fingerprint density at radius 2 is 2.10 bits per heavy atom. The number of carbonyl (C=O) groups excluding carboxylic acids is 1. The van der Waals surface area contributed by atoms with Crippen molar-refractivity contribution in [3.05, 3.63) is 52.3 Å². The molecule has 0 bridgehead atoms. The van der Waals surface area contributed by atoms with E-state index in [2.05, 4.69) is 10.3 Å². The highest BCUT2D eigenvalue weighted by Gasteiger charge is 2.10. The van der Waals surface area contributed by atoms with Gasteiger partial charge in [0.25, 0.3) is 5.91 Å². The predicted octanol–water partition coefficient (Wildman–Crippen LogP) is 3.56. The van der Waals surface area contributed by atoms with E-state index in [1.165, 1.54) is 6.07 Å². The summed E-state index contributed by atoms with van der Waals surface area (Å²) in [5, 5.41) is 12.5. The molecule has 0 saturated heterocycles. The first-order valence-corrected chi connectivity index (χ1v) is 6.65. The van der Waals surface area contributed by atoms with E-state index < -0.39 is 0 Å². The Morgan fingerprint density at radius 3 is 2.75 bits per heavy atom. The Balaban J connectivity index is 2.23. The fraction of sp³-hybridized carbons (Fsp3) is 0.200. The fourth-order valence-corrected chi connectivity index (χ4v) is 2.03. The van der Waals surface area contributed by atoms with E-state index in [4.69, 9.17) is 11.6 Å². The highest BCUT2D eigenvalue weighted by atomic mass is 35.5. The number of rotatable bonds is 3. The highest BCUT2D eigenvalue weighted by molar-refractivity contribution is 6.29. The number of nitrogens with one attached hydrogen (secondary N) is 1. The van der Waals surface area contributed by atoms with Gasteiger partial charge in [-0.25, -0.2) is 4.98 Å². The zero-order valence-electron chi connectivity index (χ0n) is 11.3. The molecule has 1 heterocycles. The minimum atomic E-state index is -0.255. The summed E-state index contributed by atoms with van der Waals surface area (Å²) in [5.41, 5.74) is 2.55. The van der Waals surface area contributed by atoms with Crippen molar-refractivity contribution in [1.82, 2.24) is 4.98 Å². The average Bonchev–Trinajstić information content (AvgIpc) is 2.42. The largest absolute Gasteiger partial charge is 0.508 e. The van der Waals surface area contributed by atoms with Crippen LogP contribution in [-0.4, -0.2) is 16.0 Å². The van der Waals surface area contributed by atoms with Gasteiger partial charge >= 0.3 is 0 Å². The first-order valence-electron chi connectivity index (χ1n) is 6.27. The molecule has 0 spiro atoms. The van der Waals surface area contributed by atoms with Gasteiger partial charge < -0.3 is 10.4 Å². The van der Waals surface area contributed by atoms with E-state index in [9.17, 15) is 9.90 Å². The summed E-state index contributed by atoms with van der Waals surface area (Å²) in [5.74, 6) is -0.0580. The molecule has 0 fully saturated rings. The Morgan fingerprint density at radius 1 is 1.35 bits per heavy atom. The third-order valence-electron chi connectivity index (χ3n) is 2.93. The Hall–Kier alpha value is -2.07. The number of hydrogen-bond donors (Lipinski definition) is 2. The minimum absolute atomic E-state index is 0.197. The number of hydrogen-bond acceptors (Lipinski definition) is 3. The van der Waals surface area contributed by atoms with E-state index in [1.54, 1.807) is 31.2 Å². The number of pyridine rings is 1. The topological polar surface area (TPSA) is 62.2 Å².